The summed E-state index contributed by atoms with van der Waals surface area (Å²) >= 11 is 0. The summed E-state index contributed by atoms with van der Waals surface area (Å²) < 4.78 is 31.9. The first kappa shape index (κ1) is 16.7. The lowest BCUT2D eigenvalue weighted by molar-refractivity contribution is -0.385. The highest BCUT2D eigenvalue weighted by atomic mass is 32.2. The van der Waals surface area contributed by atoms with Crippen molar-refractivity contribution in [3.8, 4) is 5.75 Å². The van der Waals surface area contributed by atoms with E-state index in [0.717, 1.165) is 6.07 Å². The number of benzene rings is 1. The van der Waals surface area contributed by atoms with Crippen LogP contribution < -0.4 is 10.1 Å². The number of methoxy groups -OCH3 is 1. The molecule has 1 saturated heterocycles. The van der Waals surface area contributed by atoms with Gasteiger partial charge in [0.25, 0.3) is 5.69 Å². The minimum atomic E-state index is -3.82. The monoisotopic (exact) mass is 329 g/mol. The number of rotatable bonds is 5. The van der Waals surface area contributed by atoms with Gasteiger partial charge in [-0.05, 0) is 26.0 Å². The fraction of sp³-hybridized carbons (Fsp3) is 0.538. The van der Waals surface area contributed by atoms with Crippen molar-refractivity contribution in [2.75, 3.05) is 27.2 Å². The fourth-order valence-corrected chi connectivity index (χ4v) is 4.15. The molecule has 0 spiro atoms. The Morgan fingerprint density at radius 3 is 2.50 bits per heavy atom. The number of nitro groups is 1. The Morgan fingerprint density at radius 1 is 1.36 bits per heavy atom. The van der Waals surface area contributed by atoms with Crippen LogP contribution in [0, 0.1) is 10.1 Å². The van der Waals surface area contributed by atoms with Crippen molar-refractivity contribution in [1.82, 2.24) is 9.62 Å². The number of hydrogen-bond acceptors (Lipinski definition) is 6. The Morgan fingerprint density at radius 2 is 2.00 bits per heavy atom. The smallest absolute Gasteiger partial charge is 0.271 e. The van der Waals surface area contributed by atoms with Crippen LogP contribution in [0.5, 0.6) is 5.75 Å². The lowest BCUT2D eigenvalue weighted by Gasteiger charge is -2.31. The minimum Gasteiger partial charge on any atom is -0.495 e. The second kappa shape index (κ2) is 6.59. The SMILES string of the molecule is CNC1CCN(S(=O)(=O)c2cc([N+](=O)[O-])ccc2OC)CC1. The second-order valence-electron chi connectivity index (χ2n) is 5.06. The largest absolute Gasteiger partial charge is 0.495 e. The van der Waals surface area contributed by atoms with E-state index in [2.05, 4.69) is 5.32 Å². The summed E-state index contributed by atoms with van der Waals surface area (Å²) in [7, 11) is -0.630. The fourth-order valence-electron chi connectivity index (χ4n) is 2.50. The predicted octanol–water partition coefficient (Wildman–Crippen LogP) is 0.976. The van der Waals surface area contributed by atoms with Crippen molar-refractivity contribution < 1.29 is 18.1 Å². The second-order valence-corrected chi connectivity index (χ2v) is 6.97. The molecule has 22 heavy (non-hydrogen) atoms. The molecule has 1 aliphatic rings. The van der Waals surface area contributed by atoms with Gasteiger partial charge in [0.1, 0.15) is 10.6 Å². The van der Waals surface area contributed by atoms with E-state index in [4.69, 9.17) is 4.74 Å². The van der Waals surface area contributed by atoms with Crippen LogP contribution in [0.15, 0.2) is 23.1 Å². The van der Waals surface area contributed by atoms with E-state index in [1.807, 2.05) is 7.05 Å². The molecular formula is C13H19N3O5S. The van der Waals surface area contributed by atoms with Crippen LogP contribution in [0.1, 0.15) is 12.8 Å². The molecular weight excluding hydrogens is 310 g/mol. The van der Waals surface area contributed by atoms with Gasteiger partial charge in [0.05, 0.1) is 12.0 Å². The standard InChI is InChI=1S/C13H19N3O5S/c1-14-10-5-7-15(8-6-10)22(19,20)13-9-11(16(17)18)3-4-12(13)21-2/h3-4,9-10,14H,5-8H2,1-2H3. The number of nitro benzene ring substituents is 1. The van der Waals surface area contributed by atoms with Gasteiger partial charge < -0.3 is 10.1 Å². The molecule has 0 unspecified atom stereocenters. The third kappa shape index (κ3) is 3.21. The molecule has 1 aromatic rings. The number of piperidine rings is 1. The maximum atomic E-state index is 12.7. The minimum absolute atomic E-state index is 0.112. The number of non-ortho nitro benzene ring substituents is 1. The lowest BCUT2D eigenvalue weighted by atomic mass is 10.1. The quantitative estimate of drug-likeness (QED) is 0.638. The van der Waals surface area contributed by atoms with Gasteiger partial charge in [-0.15, -0.1) is 0 Å². The highest BCUT2D eigenvalue weighted by Gasteiger charge is 2.32. The summed E-state index contributed by atoms with van der Waals surface area (Å²) in [6, 6.07) is 3.88. The average molecular weight is 329 g/mol. The summed E-state index contributed by atoms with van der Waals surface area (Å²) in [5.41, 5.74) is -0.274. The van der Waals surface area contributed by atoms with E-state index in [1.165, 1.54) is 23.5 Å². The van der Waals surface area contributed by atoms with Crippen LogP contribution in [0.3, 0.4) is 0 Å². The number of hydrogen-bond donors (Lipinski definition) is 1. The topological polar surface area (TPSA) is 102 Å². The van der Waals surface area contributed by atoms with Crippen LogP contribution in [0.4, 0.5) is 5.69 Å². The van der Waals surface area contributed by atoms with E-state index >= 15 is 0 Å². The van der Waals surface area contributed by atoms with E-state index in [9.17, 15) is 18.5 Å². The van der Waals surface area contributed by atoms with Gasteiger partial charge in [0, 0.05) is 31.3 Å². The molecule has 1 heterocycles. The molecule has 1 N–H and O–H groups in total. The van der Waals surface area contributed by atoms with E-state index in [1.54, 1.807) is 0 Å². The Labute approximate surface area is 129 Å². The van der Waals surface area contributed by atoms with Crippen molar-refractivity contribution in [3.63, 3.8) is 0 Å². The summed E-state index contributed by atoms with van der Waals surface area (Å²) in [6.07, 6.45) is 1.40. The number of sulfonamides is 1. The third-order valence-electron chi connectivity index (χ3n) is 3.84. The molecule has 1 aromatic carbocycles. The van der Waals surface area contributed by atoms with Crippen molar-refractivity contribution >= 4 is 15.7 Å². The molecule has 0 radical (unpaired) electrons. The number of nitrogens with one attached hydrogen (secondary N) is 1. The highest BCUT2D eigenvalue weighted by molar-refractivity contribution is 7.89. The molecule has 8 nitrogen and oxygen atoms in total. The molecule has 0 atom stereocenters. The van der Waals surface area contributed by atoms with Crippen molar-refractivity contribution in [1.29, 1.82) is 0 Å². The van der Waals surface area contributed by atoms with Gasteiger partial charge in [0.15, 0.2) is 0 Å². The summed E-state index contributed by atoms with van der Waals surface area (Å²) in [6.45, 7) is 0.749. The molecule has 0 bridgehead atoms. The van der Waals surface area contributed by atoms with Crippen LogP contribution in [-0.4, -0.2) is 50.9 Å². The molecule has 0 aromatic heterocycles. The molecule has 1 fully saturated rings. The normalized spacial score (nSPS) is 17.4. The van der Waals surface area contributed by atoms with Gasteiger partial charge in [-0.1, -0.05) is 0 Å². The van der Waals surface area contributed by atoms with Gasteiger partial charge in [-0.2, -0.15) is 4.31 Å². The molecule has 122 valence electrons. The van der Waals surface area contributed by atoms with Gasteiger partial charge in [-0.25, -0.2) is 8.42 Å². The van der Waals surface area contributed by atoms with Crippen molar-refractivity contribution in [3.05, 3.63) is 28.3 Å². The molecule has 0 saturated carbocycles. The zero-order chi connectivity index (χ0) is 16.3. The highest BCUT2D eigenvalue weighted by Crippen LogP contribution is 2.31. The average Bonchev–Trinajstić information content (AvgIpc) is 2.54. The van der Waals surface area contributed by atoms with E-state index in [-0.39, 0.29) is 16.3 Å². The van der Waals surface area contributed by atoms with Crippen molar-refractivity contribution in [2.45, 2.75) is 23.8 Å². The van der Waals surface area contributed by atoms with Crippen LogP contribution in [0.25, 0.3) is 0 Å². The zero-order valence-corrected chi connectivity index (χ0v) is 13.3. The molecule has 0 amide bonds. The van der Waals surface area contributed by atoms with E-state index < -0.39 is 14.9 Å². The Kier molecular flexibility index (Phi) is 4.99. The van der Waals surface area contributed by atoms with Crippen molar-refractivity contribution in [2.24, 2.45) is 0 Å². The Bertz CT molecular complexity index is 654. The van der Waals surface area contributed by atoms with Crippen LogP contribution >= 0.6 is 0 Å². The van der Waals surface area contributed by atoms with Gasteiger partial charge in [-0.3, -0.25) is 10.1 Å². The first-order valence-electron chi connectivity index (χ1n) is 6.90. The first-order chi connectivity index (χ1) is 10.4. The maximum Gasteiger partial charge on any atom is 0.271 e. The number of ether oxygens (including phenoxy) is 1. The van der Waals surface area contributed by atoms with Gasteiger partial charge in [0.2, 0.25) is 10.0 Å². The first-order valence-corrected chi connectivity index (χ1v) is 8.34. The zero-order valence-electron chi connectivity index (χ0n) is 12.5. The van der Waals surface area contributed by atoms with Crippen LogP contribution in [0.2, 0.25) is 0 Å². The molecule has 9 heteroatoms. The molecule has 0 aliphatic carbocycles. The number of nitrogens with zero attached hydrogens (tertiary/aromatic N) is 2. The Balaban J connectivity index is 2.36. The summed E-state index contributed by atoms with van der Waals surface area (Å²) in [5.74, 6) is 0.112. The maximum absolute atomic E-state index is 12.7. The third-order valence-corrected chi connectivity index (χ3v) is 5.76. The summed E-state index contributed by atoms with van der Waals surface area (Å²) in [5, 5.41) is 14.0. The summed E-state index contributed by atoms with van der Waals surface area (Å²) in [4.78, 5) is 10.1. The van der Waals surface area contributed by atoms with Gasteiger partial charge >= 0.3 is 0 Å². The predicted molar refractivity (Wildman–Crippen MR) is 80.5 cm³/mol. The molecule has 2 rings (SSSR count). The lowest BCUT2D eigenvalue weighted by Crippen LogP contribution is -2.43. The van der Waals surface area contributed by atoms with E-state index in [0.29, 0.717) is 32.0 Å². The molecule has 1 aliphatic heterocycles. The Hall–Kier alpha value is -1.71. The van der Waals surface area contributed by atoms with Crippen LogP contribution in [-0.2, 0) is 10.0 Å².